The van der Waals surface area contributed by atoms with Crippen LogP contribution < -0.4 is 0 Å². The Hall–Kier alpha value is -7.21. The molecule has 12 rings (SSSR count). The third-order valence-electron chi connectivity index (χ3n) is 11.1. The van der Waals surface area contributed by atoms with Crippen LogP contribution in [0.2, 0.25) is 0 Å². The Morgan fingerprint density at radius 1 is 0.357 bits per heavy atom. The molecule has 0 atom stereocenters. The molecule has 0 fully saturated rings. The quantitative estimate of drug-likeness (QED) is 0.182. The van der Waals surface area contributed by atoms with Crippen LogP contribution in [0.5, 0.6) is 0 Å². The van der Waals surface area contributed by atoms with Crippen molar-refractivity contribution < 1.29 is 0 Å². The molecule has 5 heteroatoms. The summed E-state index contributed by atoms with van der Waals surface area (Å²) in [6.07, 6.45) is 0. The molecule has 0 spiro atoms. The summed E-state index contributed by atoms with van der Waals surface area (Å²) in [5.74, 6) is 0.636. The monoisotopic (exact) mass is 730 g/mol. The van der Waals surface area contributed by atoms with E-state index in [1.165, 1.54) is 37.3 Å². The van der Waals surface area contributed by atoms with Crippen LogP contribution in [0.4, 0.5) is 0 Å². The highest BCUT2D eigenvalue weighted by atomic mass is 32.1. The van der Waals surface area contributed by atoms with Crippen LogP contribution in [0.15, 0.2) is 182 Å². The third-order valence-corrected chi connectivity index (χ3v) is 12.4. The number of rotatable bonds is 3. The molecule has 56 heavy (non-hydrogen) atoms. The van der Waals surface area contributed by atoms with Crippen molar-refractivity contribution in [3.63, 3.8) is 0 Å². The van der Waals surface area contributed by atoms with E-state index >= 15 is 0 Å². The van der Waals surface area contributed by atoms with Crippen LogP contribution in [0, 0.1) is 0 Å². The molecule has 4 aromatic heterocycles. The van der Waals surface area contributed by atoms with E-state index in [9.17, 15) is 0 Å². The van der Waals surface area contributed by atoms with Crippen molar-refractivity contribution in [2.24, 2.45) is 0 Å². The Kier molecular flexibility index (Phi) is 6.76. The maximum absolute atomic E-state index is 5.36. The summed E-state index contributed by atoms with van der Waals surface area (Å²) in [6.45, 7) is 0. The van der Waals surface area contributed by atoms with Crippen molar-refractivity contribution in [3.05, 3.63) is 182 Å². The zero-order valence-corrected chi connectivity index (χ0v) is 30.8. The Morgan fingerprint density at radius 3 is 1.75 bits per heavy atom. The molecule has 4 nitrogen and oxygen atoms in total. The number of para-hydroxylation sites is 1. The fraction of sp³-hybridized carbons (Fsp3) is 0. The van der Waals surface area contributed by atoms with Crippen LogP contribution >= 0.6 is 11.3 Å². The number of thiophene rings is 1. The van der Waals surface area contributed by atoms with Gasteiger partial charge in [0.2, 0.25) is 0 Å². The molecule has 0 unspecified atom stereocenters. The number of aromatic nitrogens is 4. The topological polar surface area (TPSA) is 43.1 Å². The predicted octanol–water partition coefficient (Wildman–Crippen LogP) is 13.8. The van der Waals surface area contributed by atoms with Crippen LogP contribution in [0.25, 0.3) is 114 Å². The fourth-order valence-electron chi connectivity index (χ4n) is 8.52. The van der Waals surface area contributed by atoms with E-state index in [0.717, 1.165) is 59.6 Å². The normalized spacial score (nSPS) is 11.9. The van der Waals surface area contributed by atoms with Crippen molar-refractivity contribution in [1.29, 1.82) is 0 Å². The predicted molar refractivity (Wildman–Crippen MR) is 236 cm³/mol. The van der Waals surface area contributed by atoms with Gasteiger partial charge in [0.05, 0.1) is 15.7 Å². The largest absolute Gasteiger partial charge is 0.308 e. The van der Waals surface area contributed by atoms with E-state index in [-0.39, 0.29) is 0 Å². The number of hydrogen-bond donors (Lipinski definition) is 0. The highest BCUT2D eigenvalue weighted by Crippen LogP contribution is 2.44. The van der Waals surface area contributed by atoms with Gasteiger partial charge in [-0.25, -0.2) is 15.0 Å². The van der Waals surface area contributed by atoms with Gasteiger partial charge in [-0.15, -0.1) is 11.3 Å². The minimum absolute atomic E-state index is 0.636. The summed E-state index contributed by atoms with van der Waals surface area (Å²) >= 11 is 1.83. The Morgan fingerprint density at radius 2 is 0.946 bits per heavy atom. The first-order valence-corrected chi connectivity index (χ1v) is 19.7. The summed E-state index contributed by atoms with van der Waals surface area (Å²) in [5.41, 5.74) is 10.3. The van der Waals surface area contributed by atoms with Gasteiger partial charge in [-0.2, -0.15) is 0 Å². The minimum atomic E-state index is 0.636. The first kappa shape index (κ1) is 31.2. The average molecular weight is 731 g/mol. The van der Waals surface area contributed by atoms with Gasteiger partial charge < -0.3 is 4.40 Å². The Balaban J connectivity index is 1.27. The number of fused-ring (bicyclic) bond motifs is 14. The third kappa shape index (κ3) is 4.81. The van der Waals surface area contributed by atoms with E-state index in [1.807, 2.05) is 11.3 Å². The highest BCUT2D eigenvalue weighted by Gasteiger charge is 2.18. The molecule has 0 aliphatic rings. The second kappa shape index (κ2) is 12.2. The molecular formula is C51H30N4S. The Labute approximate surface area is 325 Å². The van der Waals surface area contributed by atoms with Crippen LogP contribution in [0.3, 0.4) is 0 Å². The highest BCUT2D eigenvalue weighted by molar-refractivity contribution is 7.27. The van der Waals surface area contributed by atoms with Gasteiger partial charge >= 0.3 is 0 Å². The summed E-state index contributed by atoms with van der Waals surface area (Å²) in [7, 11) is 0. The molecule has 4 heterocycles. The van der Waals surface area contributed by atoms with Crippen molar-refractivity contribution in [1.82, 2.24) is 19.4 Å². The molecule has 0 amide bonds. The molecule has 8 aromatic carbocycles. The summed E-state index contributed by atoms with van der Waals surface area (Å²) in [4.78, 5) is 15.9. The Bertz CT molecular complexity index is 3530. The maximum atomic E-state index is 5.36. The lowest BCUT2D eigenvalue weighted by atomic mass is 9.96. The van der Waals surface area contributed by atoms with Gasteiger partial charge in [-0.3, -0.25) is 0 Å². The number of benzene rings is 8. The smallest absolute Gasteiger partial charge is 0.165 e. The zero-order chi connectivity index (χ0) is 36.7. The molecule has 0 aliphatic heterocycles. The number of nitrogens with zero attached hydrogens (tertiary/aromatic N) is 4. The first-order chi connectivity index (χ1) is 27.7. The van der Waals surface area contributed by atoms with Crippen LogP contribution in [-0.4, -0.2) is 19.4 Å². The van der Waals surface area contributed by atoms with Gasteiger partial charge in [-0.1, -0.05) is 133 Å². The van der Waals surface area contributed by atoms with E-state index in [2.05, 4.69) is 186 Å². The summed E-state index contributed by atoms with van der Waals surface area (Å²) in [5, 5.41) is 9.09. The van der Waals surface area contributed by atoms with E-state index in [0.29, 0.717) is 17.1 Å². The number of hydrogen-bond acceptors (Lipinski definition) is 4. The molecular weight excluding hydrogens is 701 g/mol. The molecule has 0 N–H and O–H groups in total. The molecule has 260 valence electrons. The molecule has 8 bridgehead atoms. The lowest BCUT2D eigenvalue weighted by Gasteiger charge is -2.11. The van der Waals surface area contributed by atoms with Crippen molar-refractivity contribution in [2.45, 2.75) is 0 Å². The van der Waals surface area contributed by atoms with E-state index < -0.39 is 0 Å². The van der Waals surface area contributed by atoms with Crippen LogP contribution in [0.1, 0.15) is 0 Å². The summed E-state index contributed by atoms with van der Waals surface area (Å²) < 4.78 is 4.87. The first-order valence-electron chi connectivity index (χ1n) is 18.8. The molecule has 0 saturated heterocycles. The fourth-order valence-corrected chi connectivity index (χ4v) is 9.86. The van der Waals surface area contributed by atoms with Crippen LogP contribution in [-0.2, 0) is 0 Å². The molecule has 0 radical (unpaired) electrons. The molecule has 0 aliphatic carbocycles. The molecule has 12 aromatic rings. The average Bonchev–Trinajstić information content (AvgIpc) is 3.83. The zero-order valence-electron chi connectivity index (χ0n) is 30.0. The lowest BCUT2D eigenvalue weighted by molar-refractivity contribution is 1.18. The van der Waals surface area contributed by atoms with Crippen molar-refractivity contribution in [2.75, 3.05) is 0 Å². The second-order valence-corrected chi connectivity index (χ2v) is 15.5. The van der Waals surface area contributed by atoms with E-state index in [1.54, 1.807) is 0 Å². The lowest BCUT2D eigenvalue weighted by Crippen LogP contribution is -1.95. The minimum Gasteiger partial charge on any atom is -0.308 e. The SMILES string of the molecule is c1ccc(-c2cc(-c3ccccc3)cc(-c3nc4nc(n3)c3cccc5c6ccc7c8ccccc8n(c8cccc(c8)c8cccc4c8)c7c6sc35)c2)cc1. The van der Waals surface area contributed by atoms with Gasteiger partial charge in [0, 0.05) is 48.1 Å². The van der Waals surface area contributed by atoms with Gasteiger partial charge in [0.15, 0.2) is 17.1 Å². The molecule has 0 saturated carbocycles. The van der Waals surface area contributed by atoms with Crippen molar-refractivity contribution in [3.8, 4) is 33.6 Å². The van der Waals surface area contributed by atoms with E-state index in [4.69, 9.17) is 15.0 Å². The van der Waals surface area contributed by atoms with Gasteiger partial charge in [0.25, 0.3) is 0 Å². The van der Waals surface area contributed by atoms with Crippen molar-refractivity contribution >= 4 is 91.7 Å². The van der Waals surface area contributed by atoms with Gasteiger partial charge in [0.1, 0.15) is 0 Å². The summed E-state index contributed by atoms with van der Waals surface area (Å²) in [6, 6.07) is 65.2. The standard InChI is InChI=1S/C51H30N4S/c1-3-12-31(13-4-1)36-27-37(32-14-5-2-6-15-32)29-38(28-36)50-52-49-35-18-9-16-33(26-35)34-17-10-19-39(30-34)55-45-23-8-7-20-40(45)41-24-25-43-42-21-11-22-44(51(53-49)54-50)47(42)56-48(43)46(41)55/h1-30H. The maximum Gasteiger partial charge on any atom is 0.165 e. The second-order valence-electron chi connectivity index (χ2n) is 14.4. The van der Waals surface area contributed by atoms with Gasteiger partial charge in [-0.05, 0) is 81.6 Å².